The number of rotatable bonds is 6. The fourth-order valence-corrected chi connectivity index (χ4v) is 2.16. The van der Waals surface area contributed by atoms with Crippen molar-refractivity contribution in [1.82, 2.24) is 25.3 Å². The largest absolute Gasteiger partial charge is 0.491 e. The van der Waals surface area contributed by atoms with Crippen LogP contribution in [0, 0.1) is 0 Å². The highest BCUT2D eigenvalue weighted by Gasteiger charge is 2.03. The molecule has 0 amide bonds. The monoisotopic (exact) mass is 283 g/mol. The molecule has 0 unspecified atom stereocenters. The summed E-state index contributed by atoms with van der Waals surface area (Å²) in [6.07, 6.45) is 3.70. The van der Waals surface area contributed by atoms with E-state index in [1.807, 2.05) is 43.6 Å². The summed E-state index contributed by atoms with van der Waals surface area (Å²) in [6.45, 7) is 1.92. The summed E-state index contributed by atoms with van der Waals surface area (Å²) in [7, 11) is 1.89. The van der Waals surface area contributed by atoms with Crippen LogP contribution in [0.4, 0.5) is 0 Å². The molecule has 0 fully saturated rings. The summed E-state index contributed by atoms with van der Waals surface area (Å²) in [5.74, 6) is 0.844. The molecular weight excluding hydrogens is 266 g/mol. The van der Waals surface area contributed by atoms with Crippen LogP contribution < -0.4 is 10.1 Å². The Morgan fingerprint density at radius 3 is 3.10 bits per heavy atom. The zero-order valence-electron chi connectivity index (χ0n) is 11.9. The maximum absolute atomic E-state index is 5.85. The predicted octanol–water partition coefficient (Wildman–Crippen LogP) is 1.62. The molecule has 0 radical (unpaired) electrons. The molecule has 1 aromatic carbocycles. The topological polar surface area (TPSA) is 64.9 Å². The molecule has 0 atom stereocenters. The Bertz CT molecular complexity index is 719. The van der Waals surface area contributed by atoms with E-state index in [1.54, 1.807) is 10.9 Å². The van der Waals surface area contributed by atoms with Crippen molar-refractivity contribution in [3.05, 3.63) is 48.4 Å². The summed E-state index contributed by atoms with van der Waals surface area (Å²) < 4.78 is 7.64. The van der Waals surface area contributed by atoms with Gasteiger partial charge in [0.2, 0.25) is 0 Å². The molecule has 108 valence electrons. The second kappa shape index (κ2) is 6.32. The summed E-state index contributed by atoms with van der Waals surface area (Å²) in [5, 5.41) is 12.2. The molecule has 0 aliphatic rings. The van der Waals surface area contributed by atoms with Gasteiger partial charge in [-0.15, -0.1) is 5.10 Å². The average molecular weight is 283 g/mol. The van der Waals surface area contributed by atoms with Gasteiger partial charge in [0.1, 0.15) is 12.4 Å². The van der Waals surface area contributed by atoms with Gasteiger partial charge in [-0.3, -0.25) is 4.98 Å². The molecule has 21 heavy (non-hydrogen) atoms. The van der Waals surface area contributed by atoms with Gasteiger partial charge in [-0.2, -0.15) is 0 Å². The lowest BCUT2D eigenvalue weighted by molar-refractivity contribution is 0.293. The predicted molar refractivity (Wildman–Crippen MR) is 80.0 cm³/mol. The fourth-order valence-electron chi connectivity index (χ4n) is 2.16. The fraction of sp³-hybridized carbons (Fsp3) is 0.267. The van der Waals surface area contributed by atoms with Crippen LogP contribution >= 0.6 is 0 Å². The second-order valence-electron chi connectivity index (χ2n) is 4.68. The molecule has 1 N–H and O–H groups in total. The average Bonchev–Trinajstić information content (AvgIpc) is 2.96. The summed E-state index contributed by atoms with van der Waals surface area (Å²) >= 11 is 0. The highest BCUT2D eigenvalue weighted by atomic mass is 16.5. The Labute approximate surface area is 122 Å². The zero-order valence-corrected chi connectivity index (χ0v) is 11.9. The zero-order chi connectivity index (χ0) is 14.5. The van der Waals surface area contributed by atoms with E-state index in [9.17, 15) is 0 Å². The Kier molecular flexibility index (Phi) is 4.07. The van der Waals surface area contributed by atoms with Crippen LogP contribution in [0.5, 0.6) is 5.75 Å². The molecule has 0 spiro atoms. The van der Waals surface area contributed by atoms with E-state index in [2.05, 4.69) is 20.6 Å². The van der Waals surface area contributed by atoms with Crippen molar-refractivity contribution >= 4 is 10.9 Å². The third-order valence-electron chi connectivity index (χ3n) is 3.13. The number of nitrogens with one attached hydrogen (secondary N) is 1. The second-order valence-corrected chi connectivity index (χ2v) is 4.68. The highest BCUT2D eigenvalue weighted by molar-refractivity contribution is 5.84. The molecule has 0 saturated heterocycles. The third kappa shape index (κ3) is 3.17. The van der Waals surface area contributed by atoms with Crippen LogP contribution in [0.25, 0.3) is 10.9 Å². The number of benzene rings is 1. The molecule has 6 nitrogen and oxygen atoms in total. The first-order chi connectivity index (χ1) is 10.4. The van der Waals surface area contributed by atoms with E-state index < -0.39 is 0 Å². The lowest BCUT2D eigenvalue weighted by Gasteiger charge is -2.08. The van der Waals surface area contributed by atoms with E-state index in [0.717, 1.165) is 28.9 Å². The van der Waals surface area contributed by atoms with E-state index in [0.29, 0.717) is 13.2 Å². The summed E-state index contributed by atoms with van der Waals surface area (Å²) in [5.41, 5.74) is 1.86. The Hall–Kier alpha value is -2.47. The van der Waals surface area contributed by atoms with Crippen molar-refractivity contribution in [3.8, 4) is 5.75 Å². The molecule has 6 heteroatoms. The summed E-state index contributed by atoms with van der Waals surface area (Å²) in [4.78, 5) is 4.32. The molecule has 0 saturated carbocycles. The lowest BCUT2D eigenvalue weighted by atomic mass is 10.2. The van der Waals surface area contributed by atoms with Gasteiger partial charge in [0.15, 0.2) is 0 Å². The van der Waals surface area contributed by atoms with E-state index in [4.69, 9.17) is 4.74 Å². The van der Waals surface area contributed by atoms with E-state index in [1.165, 1.54) is 0 Å². The molecule has 3 aromatic rings. The lowest BCUT2D eigenvalue weighted by Crippen LogP contribution is -2.09. The smallest absolute Gasteiger partial charge is 0.128 e. The van der Waals surface area contributed by atoms with Gasteiger partial charge in [-0.05, 0) is 31.3 Å². The first kappa shape index (κ1) is 13.5. The molecule has 3 rings (SSSR count). The van der Waals surface area contributed by atoms with E-state index in [-0.39, 0.29) is 0 Å². The Morgan fingerprint density at radius 2 is 2.19 bits per heavy atom. The number of hydrogen-bond donors (Lipinski definition) is 1. The van der Waals surface area contributed by atoms with Gasteiger partial charge >= 0.3 is 0 Å². The SMILES string of the molecule is CNCc1cn(CCOc2cccc3ncccc23)nn1. The quantitative estimate of drug-likeness (QED) is 0.745. The van der Waals surface area contributed by atoms with Crippen molar-refractivity contribution in [2.45, 2.75) is 13.1 Å². The number of aromatic nitrogens is 4. The van der Waals surface area contributed by atoms with Crippen LogP contribution in [-0.4, -0.2) is 33.6 Å². The van der Waals surface area contributed by atoms with Crippen molar-refractivity contribution in [2.24, 2.45) is 0 Å². The van der Waals surface area contributed by atoms with Crippen LogP contribution in [0.15, 0.2) is 42.7 Å². The van der Waals surface area contributed by atoms with Gasteiger partial charge < -0.3 is 10.1 Å². The number of pyridine rings is 1. The minimum absolute atomic E-state index is 0.538. The molecule has 0 aliphatic heterocycles. The van der Waals surface area contributed by atoms with Gasteiger partial charge in [0, 0.05) is 24.3 Å². The molecule has 2 aromatic heterocycles. The Morgan fingerprint density at radius 1 is 1.24 bits per heavy atom. The van der Waals surface area contributed by atoms with Crippen LogP contribution in [0.2, 0.25) is 0 Å². The highest BCUT2D eigenvalue weighted by Crippen LogP contribution is 2.23. The van der Waals surface area contributed by atoms with Gasteiger partial charge in [-0.1, -0.05) is 11.3 Å². The molecule has 0 bridgehead atoms. The first-order valence-corrected chi connectivity index (χ1v) is 6.87. The van der Waals surface area contributed by atoms with Crippen LogP contribution in [0.1, 0.15) is 5.69 Å². The molecular formula is C15H17N5O. The molecule has 0 aliphatic carbocycles. The van der Waals surface area contributed by atoms with Crippen molar-refractivity contribution in [1.29, 1.82) is 0 Å². The maximum atomic E-state index is 5.85. The number of nitrogens with zero attached hydrogens (tertiary/aromatic N) is 4. The van der Waals surface area contributed by atoms with E-state index >= 15 is 0 Å². The van der Waals surface area contributed by atoms with Crippen LogP contribution in [0.3, 0.4) is 0 Å². The maximum Gasteiger partial charge on any atom is 0.128 e. The van der Waals surface area contributed by atoms with Gasteiger partial charge in [-0.25, -0.2) is 4.68 Å². The first-order valence-electron chi connectivity index (χ1n) is 6.87. The van der Waals surface area contributed by atoms with Crippen LogP contribution in [-0.2, 0) is 13.1 Å². The minimum Gasteiger partial charge on any atom is -0.491 e. The number of fused-ring (bicyclic) bond motifs is 1. The standard InChI is InChI=1S/C15H17N5O/c1-16-10-12-11-20(19-18-12)8-9-21-15-6-2-5-14-13(15)4-3-7-17-14/h2-7,11,16H,8-10H2,1H3. The van der Waals surface area contributed by atoms with Gasteiger partial charge in [0.05, 0.1) is 17.8 Å². The minimum atomic E-state index is 0.538. The van der Waals surface area contributed by atoms with Crippen molar-refractivity contribution < 1.29 is 4.74 Å². The normalized spacial score (nSPS) is 10.9. The molecule has 2 heterocycles. The van der Waals surface area contributed by atoms with Gasteiger partial charge in [0.25, 0.3) is 0 Å². The Balaban J connectivity index is 1.63. The van der Waals surface area contributed by atoms with Crippen molar-refractivity contribution in [3.63, 3.8) is 0 Å². The van der Waals surface area contributed by atoms with Crippen molar-refractivity contribution in [2.75, 3.05) is 13.7 Å². The third-order valence-corrected chi connectivity index (χ3v) is 3.13. The number of hydrogen-bond acceptors (Lipinski definition) is 5. The number of ether oxygens (including phenoxy) is 1. The summed E-state index contributed by atoms with van der Waals surface area (Å²) in [6, 6.07) is 9.81.